The van der Waals surface area contributed by atoms with Gasteiger partial charge in [0.15, 0.2) is 11.5 Å². The van der Waals surface area contributed by atoms with Crippen LogP contribution in [0.5, 0.6) is 11.5 Å². The number of carbonyl (C=O) groups excluding carboxylic acids is 2. The smallest absolute Gasteiger partial charge is 0.410 e. The first kappa shape index (κ1) is 29.3. The number of hydrogen-bond donors (Lipinski definition) is 1. The average Bonchev–Trinajstić information content (AvgIpc) is 3.51. The topological polar surface area (TPSA) is 137 Å². The van der Waals surface area contributed by atoms with Gasteiger partial charge >= 0.3 is 6.09 Å². The summed E-state index contributed by atoms with van der Waals surface area (Å²) in [5.74, 6) is 1.05. The lowest BCUT2D eigenvalue weighted by molar-refractivity contribution is 0.0240. The van der Waals surface area contributed by atoms with Gasteiger partial charge in [-0.2, -0.15) is 5.10 Å². The molecule has 13 nitrogen and oxygen atoms in total. The summed E-state index contributed by atoms with van der Waals surface area (Å²) in [5.41, 5.74) is 2.63. The minimum atomic E-state index is -0.554. The lowest BCUT2D eigenvalue weighted by Crippen LogP contribution is -2.50. The maximum atomic E-state index is 13.3. The molecule has 43 heavy (non-hydrogen) atoms. The molecule has 0 saturated carbocycles. The Hall–Kier alpha value is -5.20. The predicted octanol–water partition coefficient (Wildman–Crippen LogP) is 4.05. The Morgan fingerprint density at radius 2 is 1.67 bits per heavy atom. The van der Waals surface area contributed by atoms with Crippen molar-refractivity contribution < 1.29 is 23.8 Å². The van der Waals surface area contributed by atoms with Gasteiger partial charge in [0.25, 0.3) is 11.9 Å². The summed E-state index contributed by atoms with van der Waals surface area (Å²) in [7, 11) is 3.16. The van der Waals surface area contributed by atoms with Crippen molar-refractivity contribution in [2.75, 3.05) is 50.6 Å². The van der Waals surface area contributed by atoms with Crippen LogP contribution in [0.25, 0.3) is 17.1 Å². The molecule has 13 heteroatoms. The first-order chi connectivity index (χ1) is 20.6. The quantitative estimate of drug-likeness (QED) is 0.338. The molecule has 0 spiro atoms. The van der Waals surface area contributed by atoms with Gasteiger partial charge in [-0.1, -0.05) is 6.07 Å². The lowest BCUT2D eigenvalue weighted by Gasteiger charge is -2.37. The molecule has 0 unspecified atom stereocenters. The number of methoxy groups -OCH3 is 2. The highest BCUT2D eigenvalue weighted by Crippen LogP contribution is 2.32. The van der Waals surface area contributed by atoms with Crippen molar-refractivity contribution in [3.05, 3.63) is 67.0 Å². The maximum absolute atomic E-state index is 13.3. The van der Waals surface area contributed by atoms with E-state index in [-0.39, 0.29) is 17.7 Å². The first-order valence-corrected chi connectivity index (χ1v) is 13.7. The van der Waals surface area contributed by atoms with Gasteiger partial charge in [-0.15, -0.1) is 0 Å². The van der Waals surface area contributed by atoms with Crippen molar-refractivity contribution in [3.8, 4) is 28.6 Å². The molecule has 224 valence electrons. The SMILES string of the molecule is COc1ccc(-c2cnn(-c3nccc(C(=O)Nc4cnccc4N4CCN(C(=O)OC(C)(C)C)CC4)n3)c2)cc1OC. The summed E-state index contributed by atoms with van der Waals surface area (Å²) in [6, 6.07) is 8.95. The molecular weight excluding hydrogens is 552 g/mol. The van der Waals surface area contributed by atoms with Crippen molar-refractivity contribution in [1.82, 2.24) is 29.6 Å². The fraction of sp³-hybridized carbons (Fsp3) is 0.333. The molecule has 5 rings (SSSR count). The molecule has 4 aromatic rings. The Labute approximate surface area is 249 Å². The molecule has 1 aliphatic rings. The van der Waals surface area contributed by atoms with E-state index in [1.165, 1.54) is 16.9 Å². The van der Waals surface area contributed by atoms with E-state index in [0.717, 1.165) is 16.8 Å². The number of piperazine rings is 1. The molecule has 0 aliphatic carbocycles. The van der Waals surface area contributed by atoms with E-state index in [0.29, 0.717) is 43.4 Å². The molecule has 0 radical (unpaired) electrons. The van der Waals surface area contributed by atoms with Crippen LogP contribution in [0.3, 0.4) is 0 Å². The number of amides is 2. The summed E-state index contributed by atoms with van der Waals surface area (Å²) in [5, 5.41) is 7.32. The number of nitrogens with zero attached hydrogens (tertiary/aromatic N) is 7. The van der Waals surface area contributed by atoms with Crippen LogP contribution in [0.2, 0.25) is 0 Å². The maximum Gasteiger partial charge on any atom is 0.410 e. The fourth-order valence-electron chi connectivity index (χ4n) is 4.58. The van der Waals surface area contributed by atoms with E-state index in [9.17, 15) is 9.59 Å². The van der Waals surface area contributed by atoms with E-state index in [4.69, 9.17) is 14.2 Å². The van der Waals surface area contributed by atoms with Crippen LogP contribution < -0.4 is 19.7 Å². The average molecular weight is 587 g/mol. The minimum Gasteiger partial charge on any atom is -0.493 e. The van der Waals surface area contributed by atoms with E-state index in [1.807, 2.05) is 45.0 Å². The van der Waals surface area contributed by atoms with Crippen molar-refractivity contribution in [2.45, 2.75) is 26.4 Å². The third-order valence-corrected chi connectivity index (χ3v) is 6.70. The highest BCUT2D eigenvalue weighted by atomic mass is 16.6. The molecule has 0 bridgehead atoms. The second-order valence-electron chi connectivity index (χ2n) is 10.8. The number of hydrogen-bond acceptors (Lipinski definition) is 10. The van der Waals surface area contributed by atoms with Gasteiger partial charge in [0, 0.05) is 50.3 Å². The molecule has 1 aliphatic heterocycles. The second-order valence-corrected chi connectivity index (χ2v) is 10.8. The van der Waals surface area contributed by atoms with Gasteiger partial charge in [-0.25, -0.2) is 19.4 Å². The second kappa shape index (κ2) is 12.3. The number of pyridine rings is 1. The van der Waals surface area contributed by atoms with Gasteiger partial charge in [-0.05, 0) is 50.6 Å². The van der Waals surface area contributed by atoms with Gasteiger partial charge in [0.1, 0.15) is 11.3 Å². The number of nitrogens with one attached hydrogen (secondary N) is 1. The van der Waals surface area contributed by atoms with Crippen LogP contribution in [0.15, 0.2) is 61.3 Å². The van der Waals surface area contributed by atoms with Crippen LogP contribution in [-0.4, -0.2) is 87.6 Å². The predicted molar refractivity (Wildman–Crippen MR) is 160 cm³/mol. The van der Waals surface area contributed by atoms with E-state index in [2.05, 4.69) is 30.3 Å². The number of aromatic nitrogens is 5. The summed E-state index contributed by atoms with van der Waals surface area (Å²) in [4.78, 5) is 42.5. The Bertz CT molecular complexity index is 1610. The molecule has 2 amide bonds. The van der Waals surface area contributed by atoms with E-state index >= 15 is 0 Å². The summed E-state index contributed by atoms with van der Waals surface area (Å²) < 4.78 is 17.7. The molecule has 1 saturated heterocycles. The zero-order valence-corrected chi connectivity index (χ0v) is 24.8. The van der Waals surface area contributed by atoms with Crippen molar-refractivity contribution in [2.24, 2.45) is 0 Å². The fourth-order valence-corrected chi connectivity index (χ4v) is 4.58. The number of anilines is 2. The Morgan fingerprint density at radius 1 is 0.907 bits per heavy atom. The van der Waals surface area contributed by atoms with Crippen molar-refractivity contribution in [3.63, 3.8) is 0 Å². The largest absolute Gasteiger partial charge is 0.493 e. The highest BCUT2D eigenvalue weighted by molar-refractivity contribution is 6.04. The highest BCUT2D eigenvalue weighted by Gasteiger charge is 2.27. The summed E-state index contributed by atoms with van der Waals surface area (Å²) >= 11 is 0. The van der Waals surface area contributed by atoms with Crippen molar-refractivity contribution >= 4 is 23.4 Å². The number of ether oxygens (including phenoxy) is 3. The molecule has 4 heterocycles. The summed E-state index contributed by atoms with van der Waals surface area (Å²) in [6.45, 7) is 7.68. The van der Waals surface area contributed by atoms with E-state index in [1.54, 1.807) is 43.9 Å². The molecular formula is C30H34N8O5. The van der Waals surface area contributed by atoms with Crippen LogP contribution in [-0.2, 0) is 4.74 Å². The van der Waals surface area contributed by atoms with Gasteiger partial charge in [0.05, 0.1) is 38.0 Å². The first-order valence-electron chi connectivity index (χ1n) is 13.7. The van der Waals surface area contributed by atoms with Crippen LogP contribution in [0.1, 0.15) is 31.3 Å². The molecule has 0 atom stereocenters. The molecule has 1 fully saturated rings. The van der Waals surface area contributed by atoms with Crippen molar-refractivity contribution in [1.29, 1.82) is 0 Å². The van der Waals surface area contributed by atoms with Gasteiger partial charge in [-0.3, -0.25) is 9.78 Å². The normalized spacial score (nSPS) is 13.4. The number of rotatable bonds is 7. The van der Waals surface area contributed by atoms with Crippen LogP contribution in [0, 0.1) is 0 Å². The monoisotopic (exact) mass is 586 g/mol. The third kappa shape index (κ3) is 6.83. The lowest BCUT2D eigenvalue weighted by atomic mass is 10.1. The standard InChI is InChI=1S/C30H34N8O5/c1-30(2,3)43-29(40)37-14-12-36(13-15-37)24-9-10-31-18-23(24)34-27(39)22-8-11-32-28(35-22)38-19-21(17-33-38)20-6-7-25(41-4)26(16-20)42-5/h6-11,16-19H,12-15H2,1-5H3,(H,34,39). The molecule has 1 N–H and O–H groups in total. The molecule has 1 aromatic carbocycles. The zero-order chi connectivity index (χ0) is 30.6. The Balaban J connectivity index is 1.28. The van der Waals surface area contributed by atoms with Gasteiger partial charge < -0.3 is 29.3 Å². The minimum absolute atomic E-state index is 0.165. The summed E-state index contributed by atoms with van der Waals surface area (Å²) in [6.07, 6.45) is 7.90. The third-order valence-electron chi connectivity index (χ3n) is 6.70. The molecule has 3 aromatic heterocycles. The van der Waals surface area contributed by atoms with Crippen LogP contribution >= 0.6 is 0 Å². The Kier molecular flexibility index (Phi) is 8.41. The Morgan fingerprint density at radius 3 is 2.40 bits per heavy atom. The van der Waals surface area contributed by atoms with Crippen LogP contribution in [0.4, 0.5) is 16.2 Å². The number of benzene rings is 1. The zero-order valence-electron chi connectivity index (χ0n) is 24.8. The van der Waals surface area contributed by atoms with Gasteiger partial charge in [0.2, 0.25) is 0 Å². The van der Waals surface area contributed by atoms with E-state index < -0.39 is 11.5 Å². The number of carbonyl (C=O) groups is 2.